The van der Waals surface area contributed by atoms with Gasteiger partial charge in [-0.3, -0.25) is 14.4 Å². The second kappa shape index (κ2) is 7.71. The summed E-state index contributed by atoms with van der Waals surface area (Å²) in [5, 5.41) is 14.2. The Bertz CT molecular complexity index is 605. The van der Waals surface area contributed by atoms with Gasteiger partial charge in [-0.15, -0.1) is 0 Å². The lowest BCUT2D eigenvalue weighted by Crippen LogP contribution is -2.44. The molecule has 3 N–H and O–H groups in total. The highest BCUT2D eigenvalue weighted by Gasteiger charge is 2.41. The number of halogens is 1. The first-order chi connectivity index (χ1) is 11.0. The maximum atomic E-state index is 13.0. The van der Waals surface area contributed by atoms with E-state index in [0.29, 0.717) is 32.4 Å². The summed E-state index contributed by atoms with van der Waals surface area (Å²) in [6.07, 6.45) is 1.65. The molecule has 1 aromatic carbocycles. The van der Waals surface area contributed by atoms with Gasteiger partial charge in [0.15, 0.2) is 0 Å². The van der Waals surface area contributed by atoms with Crippen molar-refractivity contribution in [2.45, 2.75) is 19.3 Å². The molecule has 23 heavy (non-hydrogen) atoms. The van der Waals surface area contributed by atoms with Crippen LogP contribution in [0.15, 0.2) is 24.3 Å². The molecule has 0 bridgehead atoms. The number of carbonyl (C=O) groups excluding carboxylic acids is 2. The van der Waals surface area contributed by atoms with Gasteiger partial charge in [0, 0.05) is 18.7 Å². The normalized spacial score (nSPS) is 19.5. The Kier molecular flexibility index (Phi) is 5.67. The molecule has 2 amide bonds. The Balaban J connectivity index is 1.63. The van der Waals surface area contributed by atoms with Gasteiger partial charge in [0.2, 0.25) is 5.91 Å². The van der Waals surface area contributed by atoms with Gasteiger partial charge in [0.25, 0.3) is 5.91 Å². The number of rotatable bonds is 7. The molecule has 2 rings (SSSR count). The van der Waals surface area contributed by atoms with Crippen molar-refractivity contribution >= 4 is 17.8 Å². The summed E-state index contributed by atoms with van der Waals surface area (Å²) in [6.45, 7) is 0.688. The first kappa shape index (κ1) is 16.9. The van der Waals surface area contributed by atoms with Gasteiger partial charge in [-0.25, -0.2) is 4.39 Å². The highest BCUT2D eigenvalue weighted by atomic mass is 19.1. The van der Waals surface area contributed by atoms with Crippen molar-refractivity contribution in [3.63, 3.8) is 0 Å². The van der Waals surface area contributed by atoms with E-state index in [1.54, 1.807) is 0 Å². The van der Waals surface area contributed by atoms with E-state index in [1.165, 1.54) is 18.2 Å². The maximum absolute atomic E-state index is 13.0. The summed E-state index contributed by atoms with van der Waals surface area (Å²) in [5.74, 6) is -3.06. The Morgan fingerprint density at radius 3 is 2.43 bits per heavy atom. The number of hydrogen-bond donors (Lipinski definition) is 3. The summed E-state index contributed by atoms with van der Waals surface area (Å²) < 4.78 is 13.0. The lowest BCUT2D eigenvalue weighted by atomic mass is 9.73. The third-order valence-electron chi connectivity index (χ3n) is 3.95. The molecule has 7 heteroatoms. The van der Waals surface area contributed by atoms with Crippen LogP contribution >= 0.6 is 0 Å². The van der Waals surface area contributed by atoms with Crippen LogP contribution in [0.25, 0.3) is 0 Å². The topological polar surface area (TPSA) is 95.5 Å². The van der Waals surface area contributed by atoms with Crippen molar-refractivity contribution in [1.82, 2.24) is 10.6 Å². The molecule has 1 aliphatic rings. The fourth-order valence-corrected chi connectivity index (χ4v) is 2.47. The van der Waals surface area contributed by atoms with E-state index >= 15 is 0 Å². The number of benzene rings is 1. The van der Waals surface area contributed by atoms with Crippen molar-refractivity contribution in [3.05, 3.63) is 35.6 Å². The predicted octanol–water partition coefficient (Wildman–Crippen LogP) is 1.17. The molecule has 1 fully saturated rings. The molecule has 6 nitrogen and oxygen atoms in total. The molecule has 1 aliphatic carbocycles. The summed E-state index contributed by atoms with van der Waals surface area (Å²) in [7, 11) is 0. The number of carbonyl (C=O) groups is 3. The van der Waals surface area contributed by atoms with Crippen LogP contribution in [0.1, 0.15) is 29.6 Å². The molecule has 124 valence electrons. The first-order valence-corrected chi connectivity index (χ1v) is 7.53. The van der Waals surface area contributed by atoms with Crippen LogP contribution in [0, 0.1) is 17.7 Å². The Morgan fingerprint density at radius 2 is 1.83 bits per heavy atom. The number of hydrogen-bond acceptors (Lipinski definition) is 3. The van der Waals surface area contributed by atoms with E-state index in [0.717, 1.165) is 6.07 Å². The second-order valence-electron chi connectivity index (χ2n) is 5.54. The molecular formula is C16H19FN2O4. The highest BCUT2D eigenvalue weighted by Crippen LogP contribution is 2.34. The third kappa shape index (κ3) is 4.51. The van der Waals surface area contributed by atoms with Crippen LogP contribution in [0.2, 0.25) is 0 Å². The molecular weight excluding hydrogens is 303 g/mol. The van der Waals surface area contributed by atoms with Gasteiger partial charge in [-0.05, 0) is 37.5 Å². The predicted molar refractivity (Wildman–Crippen MR) is 80.2 cm³/mol. The standard InChI is InChI=1S/C16H19FN2O4/c17-11-4-1-3-10(9-11)14(20)18-7-2-8-19-15(21)12-5-6-13(12)16(22)23/h1,3-4,9,12-13H,2,5-8H2,(H,18,20)(H,19,21)(H,22,23). The number of amides is 2. The van der Waals surface area contributed by atoms with Gasteiger partial charge >= 0.3 is 5.97 Å². The minimum absolute atomic E-state index is 0.243. The zero-order valence-electron chi connectivity index (χ0n) is 12.5. The molecule has 0 heterocycles. The number of nitrogens with one attached hydrogen (secondary N) is 2. The largest absolute Gasteiger partial charge is 0.481 e. The molecule has 0 radical (unpaired) electrons. The SMILES string of the molecule is O=C(NCCCNC(=O)C1CCC1C(=O)O)c1cccc(F)c1. The molecule has 2 unspecified atom stereocenters. The van der Waals surface area contributed by atoms with Crippen molar-refractivity contribution in [2.75, 3.05) is 13.1 Å². The molecule has 1 aromatic rings. The third-order valence-corrected chi connectivity index (χ3v) is 3.95. The Hall–Kier alpha value is -2.44. The summed E-state index contributed by atoms with van der Waals surface area (Å²) in [4.78, 5) is 34.4. The Morgan fingerprint density at radius 1 is 1.13 bits per heavy atom. The average molecular weight is 322 g/mol. The molecule has 0 spiro atoms. The average Bonchev–Trinajstić information content (AvgIpc) is 2.44. The van der Waals surface area contributed by atoms with E-state index in [4.69, 9.17) is 5.11 Å². The summed E-state index contributed by atoms with van der Waals surface area (Å²) >= 11 is 0. The van der Waals surface area contributed by atoms with Gasteiger partial charge in [0.1, 0.15) is 5.82 Å². The lowest BCUT2D eigenvalue weighted by Gasteiger charge is -2.31. The fraction of sp³-hybridized carbons (Fsp3) is 0.438. The minimum Gasteiger partial charge on any atom is -0.481 e. The smallest absolute Gasteiger partial charge is 0.307 e. The van der Waals surface area contributed by atoms with E-state index in [1.807, 2.05) is 0 Å². The quantitative estimate of drug-likeness (QED) is 0.657. The summed E-state index contributed by atoms with van der Waals surface area (Å²) in [6, 6.07) is 5.39. The fourth-order valence-electron chi connectivity index (χ4n) is 2.47. The minimum atomic E-state index is -0.932. The van der Waals surface area contributed by atoms with E-state index < -0.39 is 23.6 Å². The maximum Gasteiger partial charge on any atom is 0.307 e. The van der Waals surface area contributed by atoms with Crippen LogP contribution in [0.3, 0.4) is 0 Å². The number of carboxylic acid groups (broad SMARTS) is 1. The van der Waals surface area contributed by atoms with Crippen LogP contribution < -0.4 is 10.6 Å². The molecule has 0 aromatic heterocycles. The van der Waals surface area contributed by atoms with Crippen molar-refractivity contribution < 1.29 is 23.9 Å². The number of carboxylic acids is 1. The first-order valence-electron chi connectivity index (χ1n) is 7.53. The van der Waals surface area contributed by atoms with Gasteiger partial charge in [-0.1, -0.05) is 6.07 Å². The van der Waals surface area contributed by atoms with Gasteiger partial charge < -0.3 is 15.7 Å². The van der Waals surface area contributed by atoms with Crippen LogP contribution in [0.4, 0.5) is 4.39 Å². The van der Waals surface area contributed by atoms with E-state index in [9.17, 15) is 18.8 Å². The van der Waals surface area contributed by atoms with Crippen molar-refractivity contribution in [2.24, 2.45) is 11.8 Å². The van der Waals surface area contributed by atoms with Crippen molar-refractivity contribution in [3.8, 4) is 0 Å². The zero-order valence-corrected chi connectivity index (χ0v) is 12.5. The number of aliphatic carboxylic acids is 1. The van der Waals surface area contributed by atoms with Crippen LogP contribution in [-0.4, -0.2) is 36.0 Å². The van der Waals surface area contributed by atoms with E-state index in [-0.39, 0.29) is 17.4 Å². The molecule has 0 aliphatic heterocycles. The monoisotopic (exact) mass is 322 g/mol. The molecule has 1 saturated carbocycles. The van der Waals surface area contributed by atoms with E-state index in [2.05, 4.69) is 10.6 Å². The van der Waals surface area contributed by atoms with Gasteiger partial charge in [-0.2, -0.15) is 0 Å². The van der Waals surface area contributed by atoms with Crippen LogP contribution in [-0.2, 0) is 9.59 Å². The van der Waals surface area contributed by atoms with Crippen molar-refractivity contribution in [1.29, 1.82) is 0 Å². The molecule has 2 atom stereocenters. The molecule has 0 saturated heterocycles. The lowest BCUT2D eigenvalue weighted by molar-refractivity contribution is -0.152. The highest BCUT2D eigenvalue weighted by molar-refractivity contribution is 5.94. The summed E-state index contributed by atoms with van der Waals surface area (Å²) in [5.41, 5.74) is 0.243. The zero-order chi connectivity index (χ0) is 16.8. The second-order valence-corrected chi connectivity index (χ2v) is 5.54. The van der Waals surface area contributed by atoms with Crippen LogP contribution in [0.5, 0.6) is 0 Å². The van der Waals surface area contributed by atoms with Gasteiger partial charge in [0.05, 0.1) is 11.8 Å². The Labute approximate surface area is 133 Å².